The van der Waals surface area contributed by atoms with Crippen molar-refractivity contribution in [2.75, 3.05) is 20.4 Å². The maximum absolute atomic E-state index is 4.93. The normalized spacial score (nSPS) is 10.5. The molecule has 3 heteroatoms. The molecule has 10 heavy (non-hydrogen) atoms. The molecule has 0 saturated carbocycles. The lowest BCUT2D eigenvalue weighted by molar-refractivity contribution is 0.317. The van der Waals surface area contributed by atoms with Gasteiger partial charge in [0.05, 0.1) is 7.11 Å². The van der Waals surface area contributed by atoms with Crippen molar-refractivity contribution in [2.24, 2.45) is 4.99 Å². The molecule has 56 valence electrons. The molecular weight excluding hydrogens is 146 g/mol. The van der Waals surface area contributed by atoms with Crippen LogP contribution in [-0.4, -0.2) is 25.5 Å². The summed E-state index contributed by atoms with van der Waals surface area (Å²) in [6, 6.07) is 0. The predicted molar refractivity (Wildman–Crippen MR) is 46.5 cm³/mol. The molecule has 0 bridgehead atoms. The first-order chi connectivity index (χ1) is 4.79. The Hall–Kier alpha value is -0.660. The van der Waals surface area contributed by atoms with Gasteiger partial charge in [0, 0.05) is 7.05 Å². The van der Waals surface area contributed by atoms with Gasteiger partial charge in [-0.2, -0.15) is 0 Å². The van der Waals surface area contributed by atoms with E-state index < -0.39 is 0 Å². The van der Waals surface area contributed by atoms with E-state index in [1.807, 2.05) is 6.26 Å². The summed E-state index contributed by atoms with van der Waals surface area (Å²) in [7, 11) is 3.29. The minimum Gasteiger partial charge on any atom is -0.487 e. The zero-order valence-electron chi connectivity index (χ0n) is 6.47. The van der Waals surface area contributed by atoms with Crippen LogP contribution in [0.25, 0.3) is 0 Å². The number of aliphatic imine (C=N–C) groups is 1. The van der Waals surface area contributed by atoms with Crippen LogP contribution in [0.5, 0.6) is 0 Å². The smallest absolute Gasteiger partial charge is 0.193 e. The molecule has 0 aliphatic rings. The van der Waals surface area contributed by atoms with Gasteiger partial charge in [-0.05, 0) is 6.26 Å². The largest absolute Gasteiger partial charge is 0.487 e. The highest BCUT2D eigenvalue weighted by Crippen LogP contribution is 2.07. The third-order valence-electron chi connectivity index (χ3n) is 0.955. The third kappa shape index (κ3) is 2.29. The Labute approximate surface area is 65.7 Å². The quantitative estimate of drug-likeness (QED) is 0.263. The number of hydrogen-bond donors (Lipinski definition) is 0. The van der Waals surface area contributed by atoms with Gasteiger partial charge in [0.1, 0.15) is 5.04 Å². The Balaban J connectivity index is 4.43. The number of thioether (sulfide) groups is 1. The van der Waals surface area contributed by atoms with Crippen molar-refractivity contribution in [1.29, 1.82) is 0 Å². The topological polar surface area (TPSA) is 21.6 Å². The lowest BCUT2D eigenvalue weighted by Crippen LogP contribution is -1.97. The summed E-state index contributed by atoms with van der Waals surface area (Å²) < 4.78 is 4.93. The van der Waals surface area contributed by atoms with Gasteiger partial charge in [-0.15, -0.1) is 11.8 Å². The Morgan fingerprint density at radius 2 is 2.30 bits per heavy atom. The number of rotatable bonds is 2. The minimum absolute atomic E-state index is 0.606. The van der Waals surface area contributed by atoms with Crippen LogP contribution in [0.15, 0.2) is 23.1 Å². The monoisotopic (exact) mass is 157 g/mol. The Morgan fingerprint density at radius 1 is 1.70 bits per heavy atom. The Morgan fingerprint density at radius 3 is 2.40 bits per heavy atom. The van der Waals surface area contributed by atoms with E-state index in [0.717, 1.165) is 5.04 Å². The minimum atomic E-state index is 0.606. The number of methoxy groups -OCH3 is 1. The van der Waals surface area contributed by atoms with Crippen molar-refractivity contribution in [3.63, 3.8) is 0 Å². The molecule has 0 aromatic heterocycles. The number of hydrogen-bond acceptors (Lipinski definition) is 3. The molecule has 2 nitrogen and oxygen atoms in total. The summed E-state index contributed by atoms with van der Waals surface area (Å²) in [5.74, 6) is 0.606. The van der Waals surface area contributed by atoms with Gasteiger partial charge >= 0.3 is 0 Å². The van der Waals surface area contributed by atoms with Crippen molar-refractivity contribution in [3.8, 4) is 0 Å². The van der Waals surface area contributed by atoms with Gasteiger partial charge in [0.2, 0.25) is 0 Å². The summed E-state index contributed by atoms with van der Waals surface area (Å²) in [5.41, 5.74) is 2.65. The summed E-state index contributed by atoms with van der Waals surface area (Å²) in [5, 5.41) is 0.817. The lowest BCUT2D eigenvalue weighted by atomic mass is 10.5. The van der Waals surface area contributed by atoms with Crippen LogP contribution < -0.4 is 0 Å². The molecule has 0 spiro atoms. The highest BCUT2D eigenvalue weighted by atomic mass is 32.2. The molecule has 0 amide bonds. The first kappa shape index (κ1) is 9.34. The van der Waals surface area contributed by atoms with Gasteiger partial charge < -0.3 is 4.74 Å². The lowest BCUT2D eigenvalue weighted by Gasteiger charge is -2.01. The summed E-state index contributed by atoms with van der Waals surface area (Å²) in [6.45, 7) is 3.47. The van der Waals surface area contributed by atoms with E-state index in [2.05, 4.69) is 17.3 Å². The first-order valence-corrected chi connectivity index (χ1v) is 3.97. The second-order valence-corrected chi connectivity index (χ2v) is 2.24. The first-order valence-electron chi connectivity index (χ1n) is 2.75. The molecule has 0 atom stereocenters. The number of nitrogens with zero attached hydrogens (tertiary/aromatic N) is 1. The van der Waals surface area contributed by atoms with E-state index in [1.165, 1.54) is 11.8 Å². The molecule has 0 N–H and O–H groups in total. The predicted octanol–water partition coefficient (Wildman–Crippen LogP) is 1.69. The van der Waals surface area contributed by atoms with Gasteiger partial charge in [0.25, 0.3) is 0 Å². The zero-order valence-corrected chi connectivity index (χ0v) is 7.29. The molecule has 0 aromatic rings. The second-order valence-electron chi connectivity index (χ2n) is 1.44. The van der Waals surface area contributed by atoms with Crippen LogP contribution in [0, 0.1) is 0 Å². The van der Waals surface area contributed by atoms with Gasteiger partial charge in [-0.25, -0.2) is 0 Å². The fourth-order valence-electron chi connectivity index (χ4n) is 0.521. The van der Waals surface area contributed by atoms with Crippen LogP contribution in [0.3, 0.4) is 0 Å². The van der Waals surface area contributed by atoms with Crippen LogP contribution in [-0.2, 0) is 4.74 Å². The van der Waals surface area contributed by atoms with Crippen LogP contribution in [0.2, 0.25) is 0 Å². The average molecular weight is 157 g/mol. The Bertz CT molecular complexity index is 180. The zero-order chi connectivity index (χ0) is 7.98. The van der Waals surface area contributed by atoms with E-state index in [0.29, 0.717) is 5.76 Å². The standard InChI is InChI=1S/C7H11NOS/c1-5-6(9-3)7(8-2)10-4/h1H2,2-4H3. The van der Waals surface area contributed by atoms with E-state index in [1.54, 1.807) is 14.2 Å². The summed E-state index contributed by atoms with van der Waals surface area (Å²) >= 11 is 1.51. The molecule has 0 rings (SSSR count). The second kappa shape index (κ2) is 5.15. The molecule has 0 radical (unpaired) electrons. The maximum Gasteiger partial charge on any atom is 0.193 e. The third-order valence-corrected chi connectivity index (χ3v) is 1.71. The van der Waals surface area contributed by atoms with Crippen molar-refractivity contribution >= 4 is 16.8 Å². The van der Waals surface area contributed by atoms with Gasteiger partial charge in [-0.1, -0.05) is 12.3 Å². The fourth-order valence-corrected chi connectivity index (χ4v) is 1.04. The van der Waals surface area contributed by atoms with Crippen LogP contribution in [0.1, 0.15) is 0 Å². The molecule has 0 heterocycles. The van der Waals surface area contributed by atoms with Crippen LogP contribution in [0.4, 0.5) is 0 Å². The molecule has 0 aliphatic carbocycles. The maximum atomic E-state index is 4.93. The van der Waals surface area contributed by atoms with E-state index >= 15 is 0 Å². The molecule has 0 aliphatic heterocycles. The summed E-state index contributed by atoms with van der Waals surface area (Å²) in [4.78, 5) is 3.96. The van der Waals surface area contributed by atoms with E-state index in [-0.39, 0.29) is 0 Å². The van der Waals surface area contributed by atoms with Gasteiger partial charge in [-0.3, -0.25) is 4.99 Å². The highest BCUT2D eigenvalue weighted by Gasteiger charge is 2.01. The van der Waals surface area contributed by atoms with Gasteiger partial charge in [0.15, 0.2) is 5.76 Å². The Kier molecular flexibility index (Phi) is 4.81. The van der Waals surface area contributed by atoms with E-state index in [9.17, 15) is 0 Å². The fraction of sp³-hybridized carbons (Fsp3) is 0.429. The number of ether oxygens (including phenoxy) is 1. The van der Waals surface area contributed by atoms with E-state index in [4.69, 9.17) is 4.74 Å². The summed E-state index contributed by atoms with van der Waals surface area (Å²) in [6.07, 6.45) is 1.93. The molecule has 0 fully saturated rings. The molecule has 0 aromatic carbocycles. The van der Waals surface area contributed by atoms with Crippen LogP contribution >= 0.6 is 11.8 Å². The van der Waals surface area contributed by atoms with Crippen molar-refractivity contribution in [2.45, 2.75) is 0 Å². The molecule has 0 unspecified atom stereocenters. The van der Waals surface area contributed by atoms with Crippen molar-refractivity contribution in [3.05, 3.63) is 18.1 Å². The van der Waals surface area contributed by atoms with Crippen molar-refractivity contribution in [1.82, 2.24) is 0 Å². The average Bonchev–Trinajstić information content (AvgIpc) is 2.00. The molecule has 0 saturated heterocycles. The SMILES string of the molecule is C=C=C(OC)C(=NC)SC. The molecular formula is C7H11NOS. The van der Waals surface area contributed by atoms with Crippen molar-refractivity contribution < 1.29 is 4.74 Å². The highest BCUT2D eigenvalue weighted by molar-refractivity contribution is 8.13.